The second kappa shape index (κ2) is 6.30. The van der Waals surface area contributed by atoms with Crippen molar-refractivity contribution in [2.75, 3.05) is 13.1 Å². The lowest BCUT2D eigenvalue weighted by Gasteiger charge is -2.31. The quantitative estimate of drug-likeness (QED) is 0.844. The Bertz CT molecular complexity index is 673. The van der Waals surface area contributed by atoms with Gasteiger partial charge in [-0.1, -0.05) is 30.3 Å². The fourth-order valence-electron chi connectivity index (χ4n) is 3.18. The van der Waals surface area contributed by atoms with Crippen molar-refractivity contribution < 1.29 is 4.79 Å². The van der Waals surface area contributed by atoms with Gasteiger partial charge in [0.2, 0.25) is 5.91 Å². The van der Waals surface area contributed by atoms with Gasteiger partial charge < -0.3 is 4.90 Å². The molecule has 1 aliphatic heterocycles. The number of aryl methyl sites for hydroxylation is 1. The van der Waals surface area contributed by atoms with Crippen molar-refractivity contribution in [3.05, 3.63) is 53.7 Å². The van der Waals surface area contributed by atoms with Gasteiger partial charge in [-0.2, -0.15) is 0 Å². The summed E-state index contributed by atoms with van der Waals surface area (Å²) < 4.78 is 0. The van der Waals surface area contributed by atoms with Crippen LogP contribution in [-0.4, -0.2) is 28.9 Å². The minimum Gasteiger partial charge on any atom is -0.343 e. The maximum absolute atomic E-state index is 11.4. The molecule has 0 unspecified atom stereocenters. The van der Waals surface area contributed by atoms with E-state index in [0.717, 1.165) is 37.3 Å². The Balaban J connectivity index is 1.81. The molecule has 2 aromatic rings. The van der Waals surface area contributed by atoms with Crippen LogP contribution in [0, 0.1) is 6.92 Å². The van der Waals surface area contributed by atoms with E-state index in [1.165, 1.54) is 11.1 Å². The number of benzene rings is 1. The summed E-state index contributed by atoms with van der Waals surface area (Å²) in [5, 5.41) is 0. The molecule has 0 aliphatic carbocycles. The molecular weight excluding hydrogens is 272 g/mol. The van der Waals surface area contributed by atoms with Gasteiger partial charge in [-0.25, -0.2) is 0 Å². The van der Waals surface area contributed by atoms with Gasteiger partial charge >= 0.3 is 0 Å². The summed E-state index contributed by atoms with van der Waals surface area (Å²) in [6.45, 7) is 5.46. The molecule has 1 aromatic heterocycles. The lowest BCUT2D eigenvalue weighted by molar-refractivity contribution is -0.129. The van der Waals surface area contributed by atoms with Crippen LogP contribution in [0.3, 0.4) is 0 Å². The molecule has 3 heteroatoms. The van der Waals surface area contributed by atoms with E-state index in [2.05, 4.69) is 49.4 Å². The highest BCUT2D eigenvalue weighted by Gasteiger charge is 2.23. The third-order valence-electron chi connectivity index (χ3n) is 4.55. The molecule has 0 radical (unpaired) electrons. The molecule has 0 N–H and O–H groups in total. The monoisotopic (exact) mass is 294 g/mol. The van der Waals surface area contributed by atoms with Crippen LogP contribution < -0.4 is 0 Å². The summed E-state index contributed by atoms with van der Waals surface area (Å²) in [4.78, 5) is 18.3. The maximum Gasteiger partial charge on any atom is 0.219 e. The van der Waals surface area contributed by atoms with Gasteiger partial charge in [0.15, 0.2) is 0 Å². The Hall–Kier alpha value is -2.16. The predicted molar refractivity (Wildman–Crippen MR) is 88.6 cm³/mol. The van der Waals surface area contributed by atoms with Crippen molar-refractivity contribution in [1.82, 2.24) is 9.88 Å². The van der Waals surface area contributed by atoms with Gasteiger partial charge in [0, 0.05) is 37.2 Å². The zero-order valence-electron chi connectivity index (χ0n) is 13.2. The van der Waals surface area contributed by atoms with E-state index < -0.39 is 0 Å². The van der Waals surface area contributed by atoms with Crippen LogP contribution in [0.5, 0.6) is 0 Å². The highest BCUT2D eigenvalue weighted by atomic mass is 16.2. The SMILES string of the molecule is CC(=O)N1CCC(c2cccc(-c3ccccc3C)n2)CC1. The second-order valence-electron chi connectivity index (χ2n) is 6.04. The Morgan fingerprint density at radius 3 is 2.50 bits per heavy atom. The molecule has 0 bridgehead atoms. The average molecular weight is 294 g/mol. The van der Waals surface area contributed by atoms with Gasteiger partial charge in [0.1, 0.15) is 0 Å². The summed E-state index contributed by atoms with van der Waals surface area (Å²) in [6, 6.07) is 14.7. The van der Waals surface area contributed by atoms with Crippen molar-refractivity contribution in [2.45, 2.75) is 32.6 Å². The van der Waals surface area contributed by atoms with Gasteiger partial charge in [-0.3, -0.25) is 9.78 Å². The molecule has 1 aromatic carbocycles. The standard InChI is InChI=1S/C19H22N2O/c1-14-6-3-4-7-17(14)19-9-5-8-18(20-19)16-10-12-21(13-11-16)15(2)22/h3-9,16H,10-13H2,1-2H3. The van der Waals surface area contributed by atoms with E-state index in [4.69, 9.17) is 4.98 Å². The van der Waals surface area contributed by atoms with Gasteiger partial charge in [-0.05, 0) is 37.5 Å². The number of rotatable bonds is 2. The minimum absolute atomic E-state index is 0.181. The number of likely N-dealkylation sites (tertiary alicyclic amines) is 1. The Morgan fingerprint density at radius 1 is 1.09 bits per heavy atom. The highest BCUT2D eigenvalue weighted by Crippen LogP contribution is 2.29. The molecule has 0 saturated carbocycles. The Kier molecular flexibility index (Phi) is 4.23. The maximum atomic E-state index is 11.4. The first-order valence-corrected chi connectivity index (χ1v) is 7.93. The molecule has 0 spiro atoms. The zero-order valence-corrected chi connectivity index (χ0v) is 13.2. The normalized spacial score (nSPS) is 15.8. The summed E-state index contributed by atoms with van der Waals surface area (Å²) in [7, 11) is 0. The van der Waals surface area contributed by atoms with Crippen LogP contribution >= 0.6 is 0 Å². The fourth-order valence-corrected chi connectivity index (χ4v) is 3.18. The van der Waals surface area contributed by atoms with E-state index >= 15 is 0 Å². The highest BCUT2D eigenvalue weighted by molar-refractivity contribution is 5.73. The molecule has 1 saturated heterocycles. The van der Waals surface area contributed by atoms with Crippen LogP contribution in [-0.2, 0) is 4.79 Å². The van der Waals surface area contributed by atoms with Crippen LogP contribution in [0.2, 0.25) is 0 Å². The largest absolute Gasteiger partial charge is 0.343 e. The van der Waals surface area contributed by atoms with Crippen molar-refractivity contribution in [3.8, 4) is 11.3 Å². The van der Waals surface area contributed by atoms with Gasteiger partial charge in [-0.15, -0.1) is 0 Å². The molecule has 2 heterocycles. The first kappa shape index (κ1) is 14.8. The Morgan fingerprint density at radius 2 is 1.82 bits per heavy atom. The van der Waals surface area contributed by atoms with Crippen LogP contribution in [0.25, 0.3) is 11.3 Å². The molecule has 1 amide bonds. The van der Waals surface area contributed by atoms with E-state index in [9.17, 15) is 4.79 Å². The number of amides is 1. The smallest absolute Gasteiger partial charge is 0.219 e. The second-order valence-corrected chi connectivity index (χ2v) is 6.04. The van der Waals surface area contributed by atoms with E-state index in [1.54, 1.807) is 6.92 Å². The number of pyridine rings is 1. The number of carbonyl (C=O) groups is 1. The van der Waals surface area contributed by atoms with Crippen LogP contribution in [0.1, 0.15) is 36.9 Å². The van der Waals surface area contributed by atoms with Crippen molar-refractivity contribution in [2.24, 2.45) is 0 Å². The van der Waals surface area contributed by atoms with Gasteiger partial charge in [0.25, 0.3) is 0 Å². The minimum atomic E-state index is 0.181. The van der Waals surface area contributed by atoms with E-state index in [-0.39, 0.29) is 5.91 Å². The number of aromatic nitrogens is 1. The van der Waals surface area contributed by atoms with E-state index in [1.807, 2.05) is 4.90 Å². The van der Waals surface area contributed by atoms with Crippen molar-refractivity contribution in [1.29, 1.82) is 0 Å². The molecule has 0 atom stereocenters. The lowest BCUT2D eigenvalue weighted by atomic mass is 9.92. The third kappa shape index (κ3) is 3.03. The van der Waals surface area contributed by atoms with Crippen molar-refractivity contribution in [3.63, 3.8) is 0 Å². The van der Waals surface area contributed by atoms with Crippen LogP contribution in [0.4, 0.5) is 0 Å². The van der Waals surface area contributed by atoms with Gasteiger partial charge in [0.05, 0.1) is 5.69 Å². The molecule has 3 rings (SSSR count). The van der Waals surface area contributed by atoms with E-state index in [0.29, 0.717) is 5.92 Å². The molecule has 3 nitrogen and oxygen atoms in total. The van der Waals surface area contributed by atoms with Crippen molar-refractivity contribution >= 4 is 5.91 Å². The Labute approximate surface area is 132 Å². The zero-order chi connectivity index (χ0) is 15.5. The fraction of sp³-hybridized carbons (Fsp3) is 0.368. The predicted octanol–water partition coefficient (Wildman–Crippen LogP) is 3.78. The first-order valence-electron chi connectivity index (χ1n) is 7.93. The molecule has 1 fully saturated rings. The summed E-state index contributed by atoms with van der Waals surface area (Å²) in [5.41, 5.74) is 4.65. The topological polar surface area (TPSA) is 33.2 Å². The molecular formula is C19H22N2O. The summed E-state index contributed by atoms with van der Waals surface area (Å²) >= 11 is 0. The number of hydrogen-bond acceptors (Lipinski definition) is 2. The number of nitrogens with zero attached hydrogens (tertiary/aromatic N) is 2. The number of hydrogen-bond donors (Lipinski definition) is 0. The molecule has 114 valence electrons. The third-order valence-corrected chi connectivity index (χ3v) is 4.55. The lowest BCUT2D eigenvalue weighted by Crippen LogP contribution is -2.36. The number of carbonyl (C=O) groups excluding carboxylic acids is 1. The summed E-state index contributed by atoms with van der Waals surface area (Å²) in [5.74, 6) is 0.639. The molecule has 22 heavy (non-hydrogen) atoms. The average Bonchev–Trinajstić information content (AvgIpc) is 2.55. The summed E-state index contributed by atoms with van der Waals surface area (Å²) in [6.07, 6.45) is 2.01. The number of piperidine rings is 1. The molecule has 1 aliphatic rings. The first-order chi connectivity index (χ1) is 10.6. The van der Waals surface area contributed by atoms with Crippen LogP contribution in [0.15, 0.2) is 42.5 Å².